The van der Waals surface area contributed by atoms with E-state index < -0.39 is 20.0 Å². The van der Waals surface area contributed by atoms with Gasteiger partial charge in [0, 0.05) is 19.5 Å². The highest BCUT2D eigenvalue weighted by atomic mass is 32.2. The topological polar surface area (TPSA) is 128 Å². The van der Waals surface area contributed by atoms with Crippen LogP contribution in [0, 0.1) is 0 Å². The van der Waals surface area contributed by atoms with Crippen molar-refractivity contribution >= 4 is 20.0 Å². The van der Waals surface area contributed by atoms with Crippen LogP contribution in [-0.2, 0) is 33.0 Å². The molecule has 1 fully saturated rings. The predicted octanol–water partition coefficient (Wildman–Crippen LogP) is 1.18. The van der Waals surface area contributed by atoms with Crippen LogP contribution in [0.25, 0.3) is 0 Å². The van der Waals surface area contributed by atoms with Crippen LogP contribution in [0.5, 0.6) is 0 Å². The highest BCUT2D eigenvalue weighted by molar-refractivity contribution is 7.89. The van der Waals surface area contributed by atoms with Crippen molar-refractivity contribution in [3.8, 4) is 0 Å². The number of aromatic nitrogens is 3. The number of benzene rings is 1. The molecular formula is C17H23N5O4S2. The molecule has 2 N–H and O–H groups in total. The van der Waals surface area contributed by atoms with Gasteiger partial charge in [0.05, 0.1) is 15.8 Å². The minimum Gasteiger partial charge on any atom is -0.314 e. The first-order chi connectivity index (χ1) is 13.3. The average molecular weight is 426 g/mol. The molecular weight excluding hydrogens is 402 g/mol. The molecule has 2 aliphatic heterocycles. The quantitative estimate of drug-likeness (QED) is 0.783. The molecule has 1 aromatic heterocycles. The number of primary sulfonamides is 1. The molecule has 28 heavy (non-hydrogen) atoms. The van der Waals surface area contributed by atoms with E-state index in [1.165, 1.54) is 28.6 Å². The van der Waals surface area contributed by atoms with E-state index in [1.54, 1.807) is 0 Å². The van der Waals surface area contributed by atoms with Gasteiger partial charge in [0.2, 0.25) is 20.0 Å². The van der Waals surface area contributed by atoms with Crippen molar-refractivity contribution < 1.29 is 16.8 Å². The lowest BCUT2D eigenvalue weighted by molar-refractivity contribution is 0.370. The van der Waals surface area contributed by atoms with Crippen molar-refractivity contribution in [2.24, 2.45) is 5.14 Å². The van der Waals surface area contributed by atoms with E-state index in [0.29, 0.717) is 18.8 Å². The van der Waals surface area contributed by atoms with Gasteiger partial charge in [-0.2, -0.15) is 4.31 Å². The van der Waals surface area contributed by atoms with Gasteiger partial charge in [-0.3, -0.25) is 0 Å². The molecule has 1 saturated heterocycles. The summed E-state index contributed by atoms with van der Waals surface area (Å²) in [6.07, 6.45) is 5.52. The Labute approximate surface area is 164 Å². The number of nitrogens with zero attached hydrogens (tertiary/aromatic N) is 4. The molecule has 0 radical (unpaired) electrons. The molecule has 0 aliphatic carbocycles. The summed E-state index contributed by atoms with van der Waals surface area (Å²) in [6.45, 7) is 1.21. The summed E-state index contributed by atoms with van der Waals surface area (Å²) in [4.78, 5) is -0.0744. The van der Waals surface area contributed by atoms with Gasteiger partial charge in [0.25, 0.3) is 0 Å². The average Bonchev–Trinajstić information content (AvgIpc) is 3.22. The largest absolute Gasteiger partial charge is 0.314 e. The molecule has 3 heterocycles. The molecule has 0 spiro atoms. The molecule has 1 aromatic carbocycles. The van der Waals surface area contributed by atoms with Crippen LogP contribution in [0.3, 0.4) is 0 Å². The number of sulfonamides is 2. The molecule has 0 saturated carbocycles. The summed E-state index contributed by atoms with van der Waals surface area (Å²) in [6, 6.07) is 4.65. The monoisotopic (exact) mass is 425 g/mol. The Morgan fingerprint density at radius 1 is 0.893 bits per heavy atom. The zero-order chi connectivity index (χ0) is 19.9. The summed E-state index contributed by atoms with van der Waals surface area (Å²) in [7, 11) is -7.67. The van der Waals surface area contributed by atoms with E-state index in [9.17, 15) is 16.8 Å². The van der Waals surface area contributed by atoms with Crippen molar-refractivity contribution in [2.75, 3.05) is 6.54 Å². The smallest absolute Gasteiger partial charge is 0.243 e. The van der Waals surface area contributed by atoms with Crippen LogP contribution in [0.1, 0.15) is 49.8 Å². The van der Waals surface area contributed by atoms with Crippen molar-refractivity contribution in [1.82, 2.24) is 19.1 Å². The minimum atomic E-state index is -3.87. The first-order valence-corrected chi connectivity index (χ1v) is 12.3. The van der Waals surface area contributed by atoms with Gasteiger partial charge in [-0.25, -0.2) is 22.0 Å². The Morgan fingerprint density at radius 2 is 1.61 bits per heavy atom. The van der Waals surface area contributed by atoms with Crippen LogP contribution < -0.4 is 5.14 Å². The second-order valence-corrected chi connectivity index (χ2v) is 10.7. The van der Waals surface area contributed by atoms with Crippen molar-refractivity contribution in [3.63, 3.8) is 0 Å². The van der Waals surface area contributed by atoms with Crippen molar-refractivity contribution in [1.29, 1.82) is 0 Å². The third kappa shape index (κ3) is 3.47. The summed E-state index contributed by atoms with van der Waals surface area (Å²) in [5, 5.41) is 13.7. The molecule has 152 valence electrons. The van der Waals surface area contributed by atoms with Gasteiger partial charge in [0.1, 0.15) is 5.82 Å². The first-order valence-electron chi connectivity index (χ1n) is 9.35. The molecule has 9 nitrogen and oxygen atoms in total. The standard InChI is InChI=1S/C17H23N5O4S2/c18-27(23,24)13-7-9-14(10-8-13)28(25,26)22-12-4-5-15(22)17-20-19-16-6-2-1-3-11-21(16)17/h7-10,15H,1-6,11-12H2,(H2,18,23,24). The van der Waals surface area contributed by atoms with Crippen LogP contribution in [0.4, 0.5) is 0 Å². The van der Waals surface area contributed by atoms with Gasteiger partial charge in [-0.1, -0.05) is 6.42 Å². The Bertz CT molecular complexity index is 1080. The van der Waals surface area contributed by atoms with Gasteiger partial charge in [0.15, 0.2) is 5.82 Å². The number of nitrogens with two attached hydrogens (primary N) is 1. The van der Waals surface area contributed by atoms with E-state index in [0.717, 1.165) is 44.5 Å². The van der Waals surface area contributed by atoms with E-state index in [4.69, 9.17) is 5.14 Å². The molecule has 2 aromatic rings. The summed E-state index contributed by atoms with van der Waals surface area (Å²) >= 11 is 0. The van der Waals surface area contributed by atoms with Gasteiger partial charge >= 0.3 is 0 Å². The van der Waals surface area contributed by atoms with Crippen molar-refractivity contribution in [3.05, 3.63) is 35.9 Å². The maximum absolute atomic E-state index is 13.2. The predicted molar refractivity (Wildman–Crippen MR) is 101 cm³/mol. The fourth-order valence-electron chi connectivity index (χ4n) is 3.98. The summed E-state index contributed by atoms with van der Waals surface area (Å²) in [5.74, 6) is 1.63. The second kappa shape index (κ2) is 7.21. The van der Waals surface area contributed by atoms with Crippen LogP contribution >= 0.6 is 0 Å². The number of hydrogen-bond acceptors (Lipinski definition) is 6. The maximum Gasteiger partial charge on any atom is 0.243 e. The molecule has 1 atom stereocenters. The fourth-order valence-corrected chi connectivity index (χ4v) is 6.15. The summed E-state index contributed by atoms with van der Waals surface area (Å²) < 4.78 is 52.8. The van der Waals surface area contributed by atoms with Gasteiger partial charge in [-0.05, 0) is 49.9 Å². The number of rotatable bonds is 4. The first kappa shape index (κ1) is 19.5. The molecule has 2 aliphatic rings. The second-order valence-electron chi connectivity index (χ2n) is 7.23. The SMILES string of the molecule is NS(=O)(=O)c1ccc(S(=O)(=O)N2CCCC2c2nnc3n2CCCCC3)cc1. The fraction of sp³-hybridized carbons (Fsp3) is 0.529. The Kier molecular flexibility index (Phi) is 5.02. The Hall–Kier alpha value is -1.82. The lowest BCUT2D eigenvalue weighted by atomic mass is 10.2. The van der Waals surface area contributed by atoms with Crippen LogP contribution in [0.2, 0.25) is 0 Å². The molecule has 1 unspecified atom stereocenters. The lowest BCUT2D eigenvalue weighted by Gasteiger charge is -2.24. The molecule has 0 bridgehead atoms. The summed E-state index contributed by atoms with van der Waals surface area (Å²) in [5.41, 5.74) is 0. The number of fused-ring (bicyclic) bond motifs is 1. The Morgan fingerprint density at radius 3 is 2.32 bits per heavy atom. The van der Waals surface area contributed by atoms with Crippen LogP contribution in [0.15, 0.2) is 34.1 Å². The van der Waals surface area contributed by atoms with E-state index >= 15 is 0 Å². The Balaban J connectivity index is 1.67. The van der Waals surface area contributed by atoms with E-state index in [2.05, 4.69) is 14.8 Å². The number of aryl methyl sites for hydroxylation is 1. The minimum absolute atomic E-state index is 0.0439. The zero-order valence-electron chi connectivity index (χ0n) is 15.4. The molecule has 0 amide bonds. The van der Waals surface area contributed by atoms with E-state index in [1.807, 2.05) is 0 Å². The highest BCUT2D eigenvalue weighted by Crippen LogP contribution is 2.36. The third-order valence-corrected chi connectivity index (χ3v) is 8.25. The maximum atomic E-state index is 13.2. The molecule has 4 rings (SSSR count). The van der Waals surface area contributed by atoms with Gasteiger partial charge in [-0.15, -0.1) is 10.2 Å². The van der Waals surface area contributed by atoms with Gasteiger partial charge < -0.3 is 4.57 Å². The molecule has 11 heteroatoms. The third-order valence-electron chi connectivity index (χ3n) is 5.40. The van der Waals surface area contributed by atoms with Crippen molar-refractivity contribution in [2.45, 2.75) is 60.9 Å². The number of hydrogen-bond donors (Lipinski definition) is 1. The van der Waals surface area contributed by atoms with Crippen LogP contribution in [-0.4, -0.2) is 42.5 Å². The van der Waals surface area contributed by atoms with E-state index in [-0.39, 0.29) is 15.8 Å². The normalized spacial score (nSPS) is 21.4. The zero-order valence-corrected chi connectivity index (χ0v) is 17.0. The lowest BCUT2D eigenvalue weighted by Crippen LogP contribution is -2.32. The highest BCUT2D eigenvalue weighted by Gasteiger charge is 2.39.